The summed E-state index contributed by atoms with van der Waals surface area (Å²) in [5.74, 6) is -2.28. The highest BCUT2D eigenvalue weighted by atomic mass is 32.2. The molecule has 152 valence electrons. The SMILES string of the molecule is Cc1cc(C(=O)CN2C(=O)C(=O)N(C(C)C)C2=O)c(C)n1[C@H]1CCS(=O)(=O)C1. The van der Waals surface area contributed by atoms with Crippen molar-refractivity contribution in [2.75, 3.05) is 18.1 Å². The lowest BCUT2D eigenvalue weighted by atomic mass is 10.1. The van der Waals surface area contributed by atoms with Gasteiger partial charge < -0.3 is 4.57 Å². The van der Waals surface area contributed by atoms with Crippen LogP contribution in [-0.4, -0.2) is 70.5 Å². The van der Waals surface area contributed by atoms with Gasteiger partial charge in [-0.1, -0.05) is 0 Å². The molecule has 28 heavy (non-hydrogen) atoms. The highest BCUT2D eigenvalue weighted by Gasteiger charge is 2.46. The van der Waals surface area contributed by atoms with Crippen molar-refractivity contribution in [2.24, 2.45) is 0 Å². The van der Waals surface area contributed by atoms with E-state index in [9.17, 15) is 27.6 Å². The van der Waals surface area contributed by atoms with Gasteiger partial charge in [0.25, 0.3) is 0 Å². The number of nitrogens with zero attached hydrogens (tertiary/aromatic N) is 3. The topological polar surface area (TPSA) is 114 Å². The summed E-state index contributed by atoms with van der Waals surface area (Å²) < 4.78 is 25.4. The van der Waals surface area contributed by atoms with E-state index >= 15 is 0 Å². The number of sulfone groups is 1. The number of Topliss-reactive ketones (excluding diaryl/α,β-unsaturated/α-hetero) is 1. The number of amides is 4. The van der Waals surface area contributed by atoms with Crippen LogP contribution in [0.2, 0.25) is 0 Å². The van der Waals surface area contributed by atoms with Crippen molar-refractivity contribution in [2.45, 2.75) is 46.2 Å². The Kier molecular flexibility index (Phi) is 4.95. The van der Waals surface area contributed by atoms with Crippen molar-refractivity contribution < 1.29 is 27.6 Å². The third kappa shape index (κ3) is 3.25. The molecule has 0 radical (unpaired) electrons. The Morgan fingerprint density at radius 2 is 1.82 bits per heavy atom. The van der Waals surface area contributed by atoms with Gasteiger partial charge in [-0.15, -0.1) is 0 Å². The highest BCUT2D eigenvalue weighted by molar-refractivity contribution is 7.91. The fourth-order valence-corrected chi connectivity index (χ4v) is 5.65. The first-order valence-electron chi connectivity index (χ1n) is 9.05. The number of aryl methyl sites for hydroxylation is 1. The van der Waals surface area contributed by atoms with Crippen LogP contribution in [-0.2, 0) is 19.4 Å². The molecule has 3 rings (SSSR count). The minimum absolute atomic E-state index is 0.0257. The number of hydrogen-bond donors (Lipinski definition) is 0. The van der Waals surface area contributed by atoms with Crippen LogP contribution < -0.4 is 0 Å². The lowest BCUT2D eigenvalue weighted by Crippen LogP contribution is -2.39. The number of urea groups is 1. The minimum atomic E-state index is -3.09. The van der Waals surface area contributed by atoms with Gasteiger partial charge in [-0.05, 0) is 40.2 Å². The number of ketones is 1. The summed E-state index contributed by atoms with van der Waals surface area (Å²) in [6, 6.07) is 0.113. The van der Waals surface area contributed by atoms with E-state index < -0.39 is 46.1 Å². The van der Waals surface area contributed by atoms with Gasteiger partial charge in [0.15, 0.2) is 15.6 Å². The van der Waals surface area contributed by atoms with Crippen LogP contribution in [0.25, 0.3) is 0 Å². The number of carbonyl (C=O) groups is 4. The molecule has 9 nitrogen and oxygen atoms in total. The second-order valence-electron chi connectivity index (χ2n) is 7.58. The Morgan fingerprint density at radius 3 is 2.32 bits per heavy atom. The second-order valence-corrected chi connectivity index (χ2v) is 9.81. The summed E-state index contributed by atoms with van der Waals surface area (Å²) in [7, 11) is -3.09. The first-order valence-corrected chi connectivity index (χ1v) is 10.9. The number of aromatic nitrogens is 1. The molecule has 10 heteroatoms. The third-order valence-corrected chi connectivity index (χ3v) is 7.01. The van der Waals surface area contributed by atoms with E-state index in [2.05, 4.69) is 0 Å². The van der Waals surface area contributed by atoms with Crippen LogP contribution >= 0.6 is 0 Å². The summed E-state index contributed by atoms with van der Waals surface area (Å²) in [5.41, 5.74) is 1.65. The molecule has 2 aliphatic rings. The van der Waals surface area contributed by atoms with E-state index in [0.29, 0.717) is 22.6 Å². The molecule has 0 N–H and O–H groups in total. The zero-order valence-electron chi connectivity index (χ0n) is 16.3. The smallest absolute Gasteiger partial charge is 0.334 e. The molecule has 0 saturated carbocycles. The molecule has 0 spiro atoms. The normalized spacial score (nSPS) is 22.0. The van der Waals surface area contributed by atoms with E-state index in [1.165, 1.54) is 0 Å². The van der Waals surface area contributed by atoms with Crippen LogP contribution in [0.15, 0.2) is 6.07 Å². The molecule has 0 bridgehead atoms. The standard InChI is InChI=1S/C18H23N3O6S/c1-10(2)20-17(24)16(23)19(18(20)25)8-15(22)14-7-11(3)21(12(14)4)13-5-6-28(26,27)9-13/h7,10,13H,5-6,8-9H2,1-4H3/t13-/m0/s1. The molecule has 2 aliphatic heterocycles. The number of rotatable bonds is 5. The van der Waals surface area contributed by atoms with Crippen molar-refractivity contribution in [1.29, 1.82) is 0 Å². The van der Waals surface area contributed by atoms with Gasteiger partial charge in [-0.3, -0.25) is 19.3 Å². The predicted molar refractivity (Wildman–Crippen MR) is 99.6 cm³/mol. The molecule has 2 saturated heterocycles. The highest BCUT2D eigenvalue weighted by Crippen LogP contribution is 2.29. The predicted octanol–water partition coefficient (Wildman–Crippen LogP) is 0.846. The van der Waals surface area contributed by atoms with Crippen LogP contribution in [0.1, 0.15) is 48.1 Å². The monoisotopic (exact) mass is 409 g/mol. The zero-order chi connectivity index (χ0) is 21.0. The van der Waals surface area contributed by atoms with Gasteiger partial charge in [0.2, 0.25) is 0 Å². The number of hydrogen-bond acceptors (Lipinski definition) is 6. The van der Waals surface area contributed by atoms with Gasteiger partial charge in [0.1, 0.15) is 0 Å². The van der Waals surface area contributed by atoms with E-state index in [0.717, 1.165) is 10.6 Å². The fraction of sp³-hybridized carbons (Fsp3) is 0.556. The van der Waals surface area contributed by atoms with Crippen molar-refractivity contribution >= 4 is 33.5 Å². The summed E-state index contributed by atoms with van der Waals surface area (Å²) in [5, 5.41) is 0. The van der Waals surface area contributed by atoms with Gasteiger partial charge in [-0.25, -0.2) is 18.1 Å². The van der Waals surface area contributed by atoms with Crippen LogP contribution in [0.4, 0.5) is 4.79 Å². The van der Waals surface area contributed by atoms with Gasteiger partial charge in [0.05, 0.1) is 18.1 Å². The zero-order valence-corrected chi connectivity index (χ0v) is 17.1. The van der Waals surface area contributed by atoms with Crippen LogP contribution in [0.3, 0.4) is 0 Å². The van der Waals surface area contributed by atoms with Crippen molar-refractivity contribution in [3.63, 3.8) is 0 Å². The molecular weight excluding hydrogens is 386 g/mol. The van der Waals surface area contributed by atoms with Gasteiger partial charge in [-0.2, -0.15) is 0 Å². The molecular formula is C18H23N3O6S. The Bertz CT molecular complexity index is 991. The molecule has 4 amide bonds. The molecule has 1 atom stereocenters. The molecule has 0 aliphatic carbocycles. The largest absolute Gasteiger partial charge is 0.344 e. The second kappa shape index (κ2) is 6.84. The van der Waals surface area contributed by atoms with E-state index in [-0.39, 0.29) is 17.5 Å². The Labute approximate surface area is 163 Å². The lowest BCUT2D eigenvalue weighted by Gasteiger charge is -2.18. The fourth-order valence-electron chi connectivity index (χ4n) is 3.95. The quantitative estimate of drug-likeness (QED) is 0.405. The average Bonchev–Trinajstić information content (AvgIpc) is 3.15. The van der Waals surface area contributed by atoms with Gasteiger partial charge in [0, 0.05) is 29.0 Å². The van der Waals surface area contributed by atoms with Crippen molar-refractivity contribution in [3.8, 4) is 0 Å². The summed E-state index contributed by atoms with van der Waals surface area (Å²) in [6.07, 6.45) is 0.479. The minimum Gasteiger partial charge on any atom is -0.344 e. The summed E-state index contributed by atoms with van der Waals surface area (Å²) >= 11 is 0. The number of imide groups is 2. The van der Waals surface area contributed by atoms with E-state index in [1.807, 2.05) is 4.57 Å². The molecule has 0 aromatic carbocycles. The maximum absolute atomic E-state index is 12.8. The van der Waals surface area contributed by atoms with Crippen LogP contribution in [0.5, 0.6) is 0 Å². The molecule has 1 aromatic rings. The molecule has 3 heterocycles. The first-order chi connectivity index (χ1) is 12.9. The maximum atomic E-state index is 12.8. The summed E-state index contributed by atoms with van der Waals surface area (Å²) in [6.45, 7) is 6.19. The average molecular weight is 409 g/mol. The van der Waals surface area contributed by atoms with Crippen molar-refractivity contribution in [3.05, 3.63) is 23.0 Å². The molecule has 2 fully saturated rings. The number of carbonyl (C=O) groups excluding carboxylic acids is 4. The van der Waals surface area contributed by atoms with Gasteiger partial charge >= 0.3 is 17.8 Å². The van der Waals surface area contributed by atoms with Crippen molar-refractivity contribution in [1.82, 2.24) is 14.4 Å². The Morgan fingerprint density at radius 1 is 1.18 bits per heavy atom. The third-order valence-electron chi connectivity index (χ3n) is 5.26. The Balaban J connectivity index is 1.85. The van der Waals surface area contributed by atoms with E-state index in [1.54, 1.807) is 33.8 Å². The van der Waals surface area contributed by atoms with Crippen LogP contribution in [0, 0.1) is 13.8 Å². The molecule has 0 unspecified atom stereocenters. The maximum Gasteiger partial charge on any atom is 0.334 e. The summed E-state index contributed by atoms with van der Waals surface area (Å²) in [4.78, 5) is 50.8. The first kappa shape index (κ1) is 20.2. The Hall–Kier alpha value is -2.49. The molecule has 1 aromatic heterocycles. The lowest BCUT2D eigenvalue weighted by molar-refractivity contribution is -0.143. The van der Waals surface area contributed by atoms with E-state index in [4.69, 9.17) is 0 Å².